The number of rotatable bonds is 8. The lowest BCUT2D eigenvalue weighted by Crippen LogP contribution is -2.60. The van der Waals surface area contributed by atoms with Crippen LogP contribution in [0.5, 0.6) is 0 Å². The highest BCUT2D eigenvalue weighted by molar-refractivity contribution is 6.00. The van der Waals surface area contributed by atoms with Crippen molar-refractivity contribution in [3.63, 3.8) is 0 Å². The Morgan fingerprint density at radius 2 is 1.76 bits per heavy atom. The van der Waals surface area contributed by atoms with Crippen molar-refractivity contribution in [1.29, 1.82) is 0 Å². The molecule has 3 unspecified atom stereocenters. The van der Waals surface area contributed by atoms with Crippen LogP contribution in [0.15, 0.2) is 24.3 Å². The van der Waals surface area contributed by atoms with Gasteiger partial charge in [-0.05, 0) is 97.8 Å². The van der Waals surface area contributed by atoms with Crippen molar-refractivity contribution in [3.8, 4) is 0 Å². The maximum absolute atomic E-state index is 14.2. The normalized spacial score (nSPS) is 40.0. The van der Waals surface area contributed by atoms with E-state index in [9.17, 15) is 23.9 Å². The molecule has 13 atom stereocenters. The predicted octanol–water partition coefficient (Wildman–Crippen LogP) is 3.48. The Hall–Kier alpha value is -2.88. The van der Waals surface area contributed by atoms with E-state index >= 15 is 0 Å². The van der Waals surface area contributed by atoms with E-state index in [2.05, 4.69) is 22.9 Å². The number of methoxy groups -OCH3 is 1. The van der Waals surface area contributed by atoms with Crippen LogP contribution in [0.4, 0.5) is 14.9 Å². The van der Waals surface area contributed by atoms with Gasteiger partial charge in [0.05, 0.1) is 23.9 Å². The number of likely N-dealkylation sites (N-methyl/N-ethyl adjacent to an activating group) is 1. The molecule has 51 heavy (non-hydrogen) atoms. The molecule has 1 aromatic carbocycles. The number of Topliss-reactive ketones (excluding diaryl/α,β-unsaturated/α-hetero) is 1. The fraction of sp³-hybridized carbons (Fsp3) is 0.757. The average molecular weight is 723 g/mol. The number of hydrogen-bond donors (Lipinski definition) is 4. The van der Waals surface area contributed by atoms with E-state index in [1.165, 1.54) is 19.1 Å². The Morgan fingerprint density at radius 3 is 2.37 bits per heavy atom. The van der Waals surface area contributed by atoms with E-state index in [0.29, 0.717) is 38.0 Å². The van der Waals surface area contributed by atoms with Gasteiger partial charge in [-0.2, -0.15) is 0 Å². The van der Waals surface area contributed by atoms with Crippen LogP contribution in [0, 0.1) is 23.6 Å². The number of carbonyl (C=O) groups is 3. The third kappa shape index (κ3) is 9.20. The number of carbonyl (C=O) groups excluding carboxylic acids is 3. The second-order valence-corrected chi connectivity index (χ2v) is 15.3. The van der Waals surface area contributed by atoms with Crippen molar-refractivity contribution in [3.05, 3.63) is 30.1 Å². The van der Waals surface area contributed by atoms with Crippen LogP contribution < -0.4 is 16.0 Å². The van der Waals surface area contributed by atoms with E-state index in [1.807, 2.05) is 39.8 Å². The van der Waals surface area contributed by atoms with Crippen molar-refractivity contribution in [2.45, 2.75) is 128 Å². The van der Waals surface area contributed by atoms with Gasteiger partial charge < -0.3 is 49.6 Å². The molecule has 14 heteroatoms. The summed E-state index contributed by atoms with van der Waals surface area (Å²) in [5.41, 5.74) is -1.55. The SMILES string of the molecule is CC[C@@H]1OC(=O)C(C)C(=O)[C@H](C)[C@@H](O[C@@H]2O[C@H](CNc3ccc(F)cc3)CC(N(C)C)C2O)[C@](C)(OC)C[C@@H](C)CN[C@H](C)[C@H]2NC(=O)O[C@]12C. The molecule has 0 aliphatic carbocycles. The number of amides is 1. The lowest BCUT2D eigenvalue weighted by atomic mass is 9.78. The van der Waals surface area contributed by atoms with Gasteiger partial charge in [-0.15, -0.1) is 0 Å². The number of cyclic esters (lactones) is 1. The standard InChI is InChI=1S/C37H59FN4O9/c1-11-28-37(7)31(41-35(46)51-37)23(5)39-18-20(2)17-36(6,47-10)32(21(3)29(43)22(4)33(45)49-28)50-34-30(44)27(42(8)9)16-26(48-34)19-40-25-14-12-24(38)13-15-25/h12-15,20-23,26-28,30-32,34,39-40,44H,11,16-19H2,1-10H3,(H,41,46)/t20-,21+,22?,23-,26+,27?,28+,30?,31-,32-,34+,36-,37-/m1/s1. The summed E-state index contributed by atoms with van der Waals surface area (Å²) in [6, 6.07) is 4.88. The summed E-state index contributed by atoms with van der Waals surface area (Å²) in [6.07, 6.45) is -3.75. The molecule has 3 fully saturated rings. The topological polar surface area (TPSA) is 157 Å². The predicted molar refractivity (Wildman–Crippen MR) is 188 cm³/mol. The summed E-state index contributed by atoms with van der Waals surface area (Å²) in [5.74, 6) is -3.61. The zero-order chi connectivity index (χ0) is 37.8. The fourth-order valence-electron chi connectivity index (χ4n) is 7.95. The Bertz CT molecular complexity index is 1350. The lowest BCUT2D eigenvalue weighted by molar-refractivity contribution is -0.296. The van der Waals surface area contributed by atoms with Crippen LogP contribution >= 0.6 is 0 Å². The van der Waals surface area contributed by atoms with Gasteiger partial charge in [-0.1, -0.05) is 20.8 Å². The van der Waals surface area contributed by atoms with Crippen molar-refractivity contribution in [2.24, 2.45) is 17.8 Å². The molecular formula is C37H59FN4O9. The highest BCUT2D eigenvalue weighted by Gasteiger charge is 2.55. The van der Waals surface area contributed by atoms with Gasteiger partial charge >= 0.3 is 12.1 Å². The molecule has 3 aliphatic heterocycles. The third-order valence-corrected chi connectivity index (χ3v) is 11.1. The number of alkyl carbamates (subject to hydrolysis) is 1. The molecule has 4 rings (SSSR count). The van der Waals surface area contributed by atoms with E-state index in [0.717, 1.165) is 0 Å². The van der Waals surface area contributed by atoms with Gasteiger partial charge in [-0.25, -0.2) is 9.18 Å². The summed E-state index contributed by atoms with van der Waals surface area (Å²) in [6.45, 7) is 13.5. The molecule has 1 amide bonds. The minimum Gasteiger partial charge on any atom is -0.458 e. The second-order valence-electron chi connectivity index (χ2n) is 15.3. The molecule has 1 aromatic rings. The van der Waals surface area contributed by atoms with Crippen LogP contribution in [0.3, 0.4) is 0 Å². The van der Waals surface area contributed by atoms with Crippen molar-refractivity contribution < 1.29 is 47.6 Å². The first-order valence-electron chi connectivity index (χ1n) is 18.1. The third-order valence-electron chi connectivity index (χ3n) is 11.1. The second kappa shape index (κ2) is 16.9. The minimum atomic E-state index is -1.19. The number of ketones is 1. The number of nitrogens with zero attached hydrogens (tertiary/aromatic N) is 1. The molecular weight excluding hydrogens is 663 g/mol. The number of nitrogens with one attached hydrogen (secondary N) is 3. The number of aliphatic hydroxyl groups excluding tert-OH is 1. The van der Waals surface area contributed by atoms with Crippen molar-refractivity contribution >= 4 is 23.5 Å². The number of halogens is 1. The van der Waals surface area contributed by atoms with Gasteiger partial charge in [0, 0.05) is 37.3 Å². The molecule has 0 saturated carbocycles. The molecule has 0 radical (unpaired) electrons. The first kappa shape index (κ1) is 40.9. The summed E-state index contributed by atoms with van der Waals surface area (Å²) < 4.78 is 44.5. The molecule has 0 spiro atoms. The maximum atomic E-state index is 14.2. The number of anilines is 1. The zero-order valence-corrected chi connectivity index (χ0v) is 31.7. The Labute approximate surface area is 301 Å². The molecule has 4 N–H and O–H groups in total. The smallest absolute Gasteiger partial charge is 0.408 e. The van der Waals surface area contributed by atoms with Crippen LogP contribution in [-0.2, 0) is 33.3 Å². The highest BCUT2D eigenvalue weighted by Crippen LogP contribution is 2.38. The van der Waals surface area contributed by atoms with E-state index in [-0.39, 0.29) is 23.8 Å². The fourth-order valence-corrected chi connectivity index (χ4v) is 7.95. The number of esters is 1. The molecule has 288 valence electrons. The highest BCUT2D eigenvalue weighted by atomic mass is 19.1. The molecule has 0 aromatic heterocycles. The number of benzene rings is 1. The van der Waals surface area contributed by atoms with E-state index < -0.39 is 77.6 Å². The van der Waals surface area contributed by atoms with Gasteiger partial charge in [0.25, 0.3) is 0 Å². The number of hydrogen-bond acceptors (Lipinski definition) is 12. The molecule has 3 aliphatic rings. The quantitative estimate of drug-likeness (QED) is 0.229. The van der Waals surface area contributed by atoms with Gasteiger partial charge in [0.1, 0.15) is 23.9 Å². The molecule has 3 saturated heterocycles. The van der Waals surface area contributed by atoms with Crippen molar-refractivity contribution in [1.82, 2.24) is 15.5 Å². The maximum Gasteiger partial charge on any atom is 0.408 e. The Morgan fingerprint density at radius 1 is 1.10 bits per heavy atom. The minimum absolute atomic E-state index is 0.0168. The van der Waals surface area contributed by atoms with Gasteiger partial charge in [-0.3, -0.25) is 9.59 Å². The molecule has 13 nitrogen and oxygen atoms in total. The first-order chi connectivity index (χ1) is 23.9. The summed E-state index contributed by atoms with van der Waals surface area (Å²) in [5, 5.41) is 21.3. The van der Waals surface area contributed by atoms with Crippen LogP contribution in [-0.4, -0.2) is 122 Å². The summed E-state index contributed by atoms with van der Waals surface area (Å²) in [4.78, 5) is 42.4. The van der Waals surface area contributed by atoms with Gasteiger partial charge in [0.15, 0.2) is 17.7 Å². The molecule has 0 bridgehead atoms. The number of fused-ring (bicyclic) bond motifs is 1. The number of ether oxygens (including phenoxy) is 5. The van der Waals surface area contributed by atoms with Gasteiger partial charge in [0.2, 0.25) is 0 Å². The number of aliphatic hydroxyl groups is 1. The average Bonchev–Trinajstić information content (AvgIpc) is 3.41. The summed E-state index contributed by atoms with van der Waals surface area (Å²) in [7, 11) is 5.29. The molecule has 3 heterocycles. The summed E-state index contributed by atoms with van der Waals surface area (Å²) >= 11 is 0. The van der Waals surface area contributed by atoms with Crippen LogP contribution in [0.1, 0.15) is 67.7 Å². The van der Waals surface area contributed by atoms with Crippen LogP contribution in [0.25, 0.3) is 0 Å². The van der Waals surface area contributed by atoms with Crippen molar-refractivity contribution in [2.75, 3.05) is 39.6 Å². The Balaban J connectivity index is 1.66. The van der Waals surface area contributed by atoms with Crippen LogP contribution in [0.2, 0.25) is 0 Å². The monoisotopic (exact) mass is 722 g/mol. The van der Waals surface area contributed by atoms with E-state index in [4.69, 9.17) is 23.7 Å². The zero-order valence-electron chi connectivity index (χ0n) is 31.7. The van der Waals surface area contributed by atoms with E-state index in [1.54, 1.807) is 33.1 Å². The first-order valence-corrected chi connectivity index (χ1v) is 18.1. The largest absolute Gasteiger partial charge is 0.458 e. The Kier molecular flexibility index (Phi) is 13.5. The lowest BCUT2D eigenvalue weighted by Gasteiger charge is -2.47.